The summed E-state index contributed by atoms with van der Waals surface area (Å²) in [6.45, 7) is 0.277. The van der Waals surface area contributed by atoms with Crippen LogP contribution in [0.2, 0.25) is 0 Å². The zero-order chi connectivity index (χ0) is 24.1. The monoisotopic (exact) mass is 485 g/mol. The number of nitriles is 1. The van der Waals surface area contributed by atoms with Crippen LogP contribution in [0.4, 0.5) is 8.78 Å². The number of nitrogens with one attached hydrogen (secondary N) is 1. The Bertz CT molecular complexity index is 1270. The third-order valence-corrected chi connectivity index (χ3v) is 8.40. The van der Waals surface area contributed by atoms with Crippen molar-refractivity contribution in [3.8, 4) is 17.2 Å². The zero-order valence-corrected chi connectivity index (χ0v) is 19.3. The van der Waals surface area contributed by atoms with Gasteiger partial charge in [0.1, 0.15) is 11.2 Å². The number of rotatable bonds is 7. The van der Waals surface area contributed by atoms with Crippen LogP contribution >= 0.6 is 0 Å². The normalized spacial score (nSPS) is 24.1. The highest BCUT2D eigenvalue weighted by Gasteiger charge is 2.64. The molecule has 9 heteroatoms. The van der Waals surface area contributed by atoms with Crippen molar-refractivity contribution in [2.24, 2.45) is 10.8 Å². The molecular weight excluding hydrogens is 460 g/mol. The number of amides is 1. The first-order valence-electron chi connectivity index (χ1n) is 11.4. The van der Waals surface area contributed by atoms with Gasteiger partial charge in [-0.05, 0) is 43.2 Å². The van der Waals surface area contributed by atoms with Crippen molar-refractivity contribution in [1.82, 2.24) is 9.62 Å². The lowest BCUT2D eigenvalue weighted by atomic mass is 9.91. The van der Waals surface area contributed by atoms with Crippen LogP contribution in [0.1, 0.15) is 31.2 Å². The molecule has 2 saturated carbocycles. The Morgan fingerprint density at radius 1 is 1.12 bits per heavy atom. The number of hydrogen-bond acceptors (Lipinski definition) is 4. The molecule has 1 amide bonds. The van der Waals surface area contributed by atoms with Crippen LogP contribution in [0.5, 0.6) is 0 Å². The quantitative estimate of drug-likeness (QED) is 0.650. The molecule has 2 atom stereocenters. The van der Waals surface area contributed by atoms with E-state index < -0.39 is 44.8 Å². The molecule has 0 radical (unpaired) electrons. The topological polar surface area (TPSA) is 90.3 Å². The Kier molecular flexibility index (Phi) is 5.49. The summed E-state index contributed by atoms with van der Waals surface area (Å²) in [7, 11) is -4.21. The van der Waals surface area contributed by atoms with Gasteiger partial charge in [-0.2, -0.15) is 5.26 Å². The van der Waals surface area contributed by atoms with Crippen LogP contribution in [-0.2, 0) is 21.2 Å². The predicted molar refractivity (Wildman–Crippen MR) is 122 cm³/mol. The second-order valence-corrected chi connectivity index (χ2v) is 11.4. The number of halogens is 2. The summed E-state index contributed by atoms with van der Waals surface area (Å²) in [5.74, 6) is -0.779. The first kappa shape index (κ1) is 22.9. The molecule has 2 aromatic rings. The van der Waals surface area contributed by atoms with Crippen molar-refractivity contribution in [3.63, 3.8) is 0 Å². The number of benzene rings is 2. The molecule has 1 spiro atoms. The van der Waals surface area contributed by atoms with Gasteiger partial charge >= 0.3 is 0 Å². The van der Waals surface area contributed by atoms with E-state index in [4.69, 9.17) is 0 Å². The van der Waals surface area contributed by atoms with E-state index in [-0.39, 0.29) is 18.9 Å². The smallest absolute Gasteiger partial charge is 0.243 e. The third kappa shape index (κ3) is 3.89. The highest BCUT2D eigenvalue weighted by molar-refractivity contribution is 7.89. The lowest BCUT2D eigenvalue weighted by Gasteiger charge is -2.30. The van der Waals surface area contributed by atoms with Gasteiger partial charge in [0, 0.05) is 23.6 Å². The minimum absolute atomic E-state index is 0.0565. The maximum Gasteiger partial charge on any atom is 0.243 e. The maximum absolute atomic E-state index is 15.6. The second kappa shape index (κ2) is 8.14. The van der Waals surface area contributed by atoms with Crippen LogP contribution in [0, 0.1) is 28.0 Å². The average Bonchev–Trinajstić information content (AvgIpc) is 3.76. The van der Waals surface area contributed by atoms with Gasteiger partial charge in [-0.1, -0.05) is 48.5 Å². The van der Waals surface area contributed by atoms with Crippen molar-refractivity contribution in [1.29, 1.82) is 5.26 Å². The van der Waals surface area contributed by atoms with Crippen molar-refractivity contribution < 1.29 is 22.0 Å². The molecule has 2 aromatic carbocycles. The molecule has 3 fully saturated rings. The summed E-state index contributed by atoms with van der Waals surface area (Å²) in [6, 6.07) is 13.2. The number of nitrogens with zero attached hydrogens (tertiary/aromatic N) is 2. The molecule has 6 nitrogen and oxygen atoms in total. The largest absolute Gasteiger partial charge is 0.336 e. The van der Waals surface area contributed by atoms with E-state index in [9.17, 15) is 22.9 Å². The van der Waals surface area contributed by atoms with Crippen molar-refractivity contribution in [3.05, 3.63) is 59.9 Å². The van der Waals surface area contributed by atoms with Gasteiger partial charge in [-0.3, -0.25) is 4.79 Å². The van der Waals surface area contributed by atoms with Gasteiger partial charge in [0.05, 0.1) is 12.1 Å². The lowest BCUT2D eigenvalue weighted by molar-refractivity contribution is -0.136. The van der Waals surface area contributed by atoms with E-state index in [0.717, 1.165) is 0 Å². The lowest BCUT2D eigenvalue weighted by Crippen LogP contribution is -2.51. The molecular formula is C25H25F2N3O3S. The summed E-state index contributed by atoms with van der Waals surface area (Å²) < 4.78 is 55.7. The van der Waals surface area contributed by atoms with E-state index in [1.807, 2.05) is 18.2 Å². The summed E-state index contributed by atoms with van der Waals surface area (Å²) in [5.41, 5.74) is -0.149. The van der Waals surface area contributed by atoms with Crippen LogP contribution in [0.15, 0.2) is 48.5 Å². The fraction of sp³-hybridized carbons (Fsp3) is 0.440. The van der Waals surface area contributed by atoms with Crippen LogP contribution in [0.25, 0.3) is 11.1 Å². The van der Waals surface area contributed by atoms with Crippen LogP contribution in [0.3, 0.4) is 0 Å². The Hall–Kier alpha value is -2.83. The number of sulfonamides is 1. The van der Waals surface area contributed by atoms with Crippen LogP contribution < -0.4 is 4.72 Å². The Morgan fingerprint density at radius 3 is 2.41 bits per heavy atom. The van der Waals surface area contributed by atoms with Crippen molar-refractivity contribution >= 4 is 15.9 Å². The third-order valence-electron chi connectivity index (χ3n) is 7.50. The predicted octanol–water partition coefficient (Wildman–Crippen LogP) is 3.54. The molecule has 2 aliphatic carbocycles. The van der Waals surface area contributed by atoms with E-state index in [1.54, 1.807) is 35.2 Å². The van der Waals surface area contributed by atoms with Gasteiger partial charge in [0.25, 0.3) is 0 Å². The molecule has 1 heterocycles. The minimum Gasteiger partial charge on any atom is -0.336 e. The summed E-state index contributed by atoms with van der Waals surface area (Å²) in [6.07, 6.45) is 2.33. The number of hydrogen-bond donors (Lipinski definition) is 1. The van der Waals surface area contributed by atoms with Gasteiger partial charge in [-0.25, -0.2) is 21.9 Å². The molecule has 0 aromatic heterocycles. The number of alkyl halides is 1. The summed E-state index contributed by atoms with van der Waals surface area (Å²) >= 11 is 0. The van der Waals surface area contributed by atoms with Crippen LogP contribution in [-0.4, -0.2) is 43.9 Å². The first-order valence-corrected chi connectivity index (χ1v) is 13.0. The van der Waals surface area contributed by atoms with E-state index in [0.29, 0.717) is 42.4 Å². The Labute approximate surface area is 197 Å². The van der Waals surface area contributed by atoms with Gasteiger partial charge in [0.15, 0.2) is 0 Å². The van der Waals surface area contributed by atoms with Gasteiger partial charge < -0.3 is 4.90 Å². The molecule has 1 saturated heterocycles. The molecule has 1 aliphatic heterocycles. The molecule has 178 valence electrons. The zero-order valence-electron chi connectivity index (χ0n) is 18.5. The fourth-order valence-electron chi connectivity index (χ4n) is 5.23. The molecule has 5 rings (SSSR count). The van der Waals surface area contributed by atoms with Crippen molar-refractivity contribution in [2.45, 2.75) is 44.2 Å². The maximum atomic E-state index is 15.6. The average molecular weight is 486 g/mol. The van der Waals surface area contributed by atoms with E-state index in [2.05, 4.69) is 10.8 Å². The second-order valence-electron chi connectivity index (χ2n) is 9.72. The van der Waals surface area contributed by atoms with Crippen molar-refractivity contribution in [2.75, 3.05) is 12.6 Å². The highest BCUT2D eigenvalue weighted by atomic mass is 32.2. The molecule has 0 unspecified atom stereocenters. The SMILES string of the molecule is N#CC1(C(=O)N2CC3(CC3)[C@H](NS(=O)(=O)CF)[C@@H]2Cc2cccc(-c3ccccc3)c2F)CC1. The van der Waals surface area contributed by atoms with E-state index in [1.165, 1.54) is 0 Å². The standard InChI is InChI=1S/C25H25F2N3O3S/c26-16-34(32,33)29-22-20(30(15-25(22)11-12-25)23(31)24(14-28)9-10-24)13-18-7-4-8-19(21(18)27)17-5-2-1-3-6-17/h1-8,20,22,29H,9-13,15-16H2/t20-,22+/m0/s1. The number of carbonyl (C=O) groups excluding carboxylic acids is 1. The summed E-state index contributed by atoms with van der Waals surface area (Å²) in [5, 5.41) is 9.59. The number of carbonyl (C=O) groups is 1. The Balaban J connectivity index is 1.53. The molecule has 0 bridgehead atoms. The summed E-state index contributed by atoms with van der Waals surface area (Å²) in [4.78, 5) is 14.9. The molecule has 34 heavy (non-hydrogen) atoms. The minimum atomic E-state index is -4.21. The highest BCUT2D eigenvalue weighted by Crippen LogP contribution is 2.57. The number of likely N-dealkylation sites (tertiary alicyclic amines) is 1. The molecule has 3 aliphatic rings. The van der Waals surface area contributed by atoms with E-state index >= 15 is 4.39 Å². The Morgan fingerprint density at radius 2 is 1.82 bits per heavy atom. The first-order chi connectivity index (χ1) is 16.2. The molecule has 1 N–H and O–H groups in total. The van der Waals surface area contributed by atoms with Gasteiger partial charge in [0.2, 0.25) is 21.9 Å². The van der Waals surface area contributed by atoms with Gasteiger partial charge in [-0.15, -0.1) is 0 Å². The fourth-order valence-corrected chi connectivity index (χ4v) is 6.09.